The van der Waals surface area contributed by atoms with Gasteiger partial charge < -0.3 is 17.0 Å². The maximum Gasteiger partial charge on any atom is 0.286 e. The maximum absolute atomic E-state index is 11.8. The van der Waals surface area contributed by atoms with Crippen LogP contribution in [0, 0.1) is 10.1 Å². The van der Waals surface area contributed by atoms with Crippen LogP contribution in [-0.2, 0) is 6.54 Å². The van der Waals surface area contributed by atoms with Crippen LogP contribution in [0.2, 0.25) is 0 Å². The van der Waals surface area contributed by atoms with Gasteiger partial charge in [-0.2, -0.15) is 0 Å². The molecule has 0 aliphatic carbocycles. The van der Waals surface area contributed by atoms with Crippen LogP contribution < -0.4 is 27.5 Å². The summed E-state index contributed by atoms with van der Waals surface area (Å²) in [6, 6.07) is 5.42. The van der Waals surface area contributed by atoms with Gasteiger partial charge in [0.1, 0.15) is 0 Å². The first-order chi connectivity index (χ1) is 8.56. The van der Waals surface area contributed by atoms with Crippen molar-refractivity contribution in [2.24, 2.45) is 0 Å². The van der Waals surface area contributed by atoms with E-state index < -0.39 is 4.92 Å². The minimum absolute atomic E-state index is 0. The number of halogens is 1. The number of hydrogen-bond donors (Lipinski definition) is 1. The number of nitrogens with zero attached hydrogens (tertiary/aromatic N) is 4. The third kappa shape index (κ3) is 3.58. The molecule has 19 heavy (non-hydrogen) atoms. The number of ketones is 1. The summed E-state index contributed by atoms with van der Waals surface area (Å²) in [6.07, 6.45) is 2.83. The quantitative estimate of drug-likeness (QED) is 0.208. The monoisotopic (exact) mass is 327 g/mol. The molecule has 2 N–H and O–H groups in total. The third-order valence-corrected chi connectivity index (χ3v) is 2.31. The van der Waals surface area contributed by atoms with Crippen LogP contribution >= 0.6 is 0 Å². The Labute approximate surface area is 118 Å². The topological polar surface area (TPSA) is 108 Å². The number of hydrogen-bond acceptors (Lipinski definition) is 5. The van der Waals surface area contributed by atoms with E-state index in [1.165, 1.54) is 46.3 Å². The van der Waals surface area contributed by atoms with Crippen LogP contribution in [0.5, 0.6) is 0 Å². The summed E-state index contributed by atoms with van der Waals surface area (Å²) >= 11 is 0. The van der Waals surface area contributed by atoms with Crippen molar-refractivity contribution in [3.63, 3.8) is 0 Å². The van der Waals surface area contributed by atoms with E-state index in [1.54, 1.807) is 0 Å². The highest BCUT2D eigenvalue weighted by molar-refractivity contribution is 5.95. The second-order valence-electron chi connectivity index (χ2n) is 3.62. The number of Topliss-reactive ketones (excluding diaryl/α,β-unsaturated/α-hetero) is 1. The van der Waals surface area contributed by atoms with Crippen LogP contribution in [0.3, 0.4) is 0 Å². The lowest BCUT2D eigenvalue weighted by atomic mass is 10.1. The average molecular weight is 328 g/mol. The fourth-order valence-electron chi connectivity index (χ4n) is 1.43. The van der Waals surface area contributed by atoms with Gasteiger partial charge in [0.15, 0.2) is 12.3 Å². The van der Waals surface area contributed by atoms with Crippen molar-refractivity contribution in [1.29, 1.82) is 0 Å². The maximum atomic E-state index is 11.8. The molecule has 0 fully saturated rings. The Kier molecular flexibility index (Phi) is 4.70. The van der Waals surface area contributed by atoms with Gasteiger partial charge >= 0.3 is 0 Å². The summed E-state index contributed by atoms with van der Waals surface area (Å²) in [5.74, 6) is 5.19. The fourth-order valence-corrected chi connectivity index (χ4v) is 1.43. The zero-order valence-electron chi connectivity index (χ0n) is 9.64. The van der Waals surface area contributed by atoms with Crippen molar-refractivity contribution in [3.05, 3.63) is 52.6 Å². The van der Waals surface area contributed by atoms with Crippen molar-refractivity contribution in [2.75, 3.05) is 5.84 Å². The minimum atomic E-state index is -0.515. The lowest BCUT2D eigenvalue weighted by molar-refractivity contribution is -0.639. The normalized spacial score (nSPS) is 9.68. The Balaban J connectivity index is 0.00000180. The van der Waals surface area contributed by atoms with E-state index in [4.69, 9.17) is 5.84 Å². The molecule has 0 saturated carbocycles. The largest absolute Gasteiger partial charge is 1.00 e. The molecule has 1 aromatic heterocycles. The Morgan fingerprint density at radius 1 is 1.42 bits per heavy atom. The van der Waals surface area contributed by atoms with E-state index in [-0.39, 0.29) is 35.0 Å². The summed E-state index contributed by atoms with van der Waals surface area (Å²) in [7, 11) is 0. The molecule has 0 aliphatic heterocycles. The SMILES string of the molecule is N[n+]1cnn(CC(=O)c2ccc([N+](=O)[O-])cc2)c1.[Br-]. The van der Waals surface area contributed by atoms with E-state index in [2.05, 4.69) is 5.10 Å². The second kappa shape index (κ2) is 6.05. The number of carbonyl (C=O) groups is 1. The van der Waals surface area contributed by atoms with Crippen molar-refractivity contribution >= 4 is 11.5 Å². The molecule has 1 heterocycles. The van der Waals surface area contributed by atoms with Crippen LogP contribution in [-0.4, -0.2) is 20.5 Å². The molecule has 0 bridgehead atoms. The van der Waals surface area contributed by atoms with Gasteiger partial charge in [0, 0.05) is 22.8 Å². The molecule has 2 rings (SSSR count). The van der Waals surface area contributed by atoms with Crippen molar-refractivity contribution in [2.45, 2.75) is 6.54 Å². The molecule has 0 saturated heterocycles. The third-order valence-electron chi connectivity index (χ3n) is 2.31. The molecule has 0 unspecified atom stereocenters. The summed E-state index contributed by atoms with van der Waals surface area (Å²) in [4.78, 5) is 21.8. The molecule has 8 nitrogen and oxygen atoms in total. The summed E-state index contributed by atoms with van der Waals surface area (Å²) in [6.45, 7) is 0.0298. The average Bonchev–Trinajstić information content (AvgIpc) is 2.75. The highest BCUT2D eigenvalue weighted by Crippen LogP contribution is 2.12. The zero-order chi connectivity index (χ0) is 13.1. The van der Waals surface area contributed by atoms with Crippen LogP contribution in [0.15, 0.2) is 36.9 Å². The zero-order valence-corrected chi connectivity index (χ0v) is 11.2. The van der Waals surface area contributed by atoms with E-state index >= 15 is 0 Å². The smallest absolute Gasteiger partial charge is 0.286 e. The van der Waals surface area contributed by atoms with Crippen molar-refractivity contribution in [1.82, 2.24) is 9.78 Å². The van der Waals surface area contributed by atoms with Gasteiger partial charge in [0.25, 0.3) is 12.0 Å². The van der Waals surface area contributed by atoms with Gasteiger partial charge in [-0.05, 0) is 12.1 Å². The molecule has 9 heteroatoms. The fraction of sp³-hybridized carbons (Fsp3) is 0.100. The van der Waals surface area contributed by atoms with Gasteiger partial charge in [-0.1, -0.05) is 0 Å². The molecule has 0 aliphatic rings. The molecule has 0 amide bonds. The standard InChI is InChI=1S/C10H10N5O3.BrH/c11-13-6-12-14(7-13)5-10(16)8-1-3-9(4-2-8)15(17)18;/h1-4,6-7H,5,11H2;1H/q+1;/p-1. The minimum Gasteiger partial charge on any atom is -1.00 e. The number of rotatable bonds is 4. The first kappa shape index (κ1) is 14.8. The lowest BCUT2D eigenvalue weighted by Crippen LogP contribution is -3.00. The summed E-state index contributed by atoms with van der Waals surface area (Å²) in [5.41, 5.74) is 0.338. The Morgan fingerprint density at radius 3 is 2.53 bits per heavy atom. The molecule has 100 valence electrons. The molecule has 0 atom stereocenters. The van der Waals surface area contributed by atoms with Gasteiger partial charge in [-0.15, -0.1) is 9.36 Å². The number of nitro benzene ring substituents is 1. The predicted molar refractivity (Wildman–Crippen MR) is 60.0 cm³/mol. The molecule has 0 spiro atoms. The van der Waals surface area contributed by atoms with E-state index in [9.17, 15) is 14.9 Å². The van der Waals surface area contributed by atoms with Gasteiger partial charge in [-0.3, -0.25) is 20.8 Å². The number of nitro groups is 1. The highest BCUT2D eigenvalue weighted by atomic mass is 79.9. The molecule has 1 aromatic carbocycles. The second-order valence-corrected chi connectivity index (χ2v) is 3.62. The Hall–Kier alpha value is -2.29. The first-order valence-electron chi connectivity index (χ1n) is 5.03. The van der Waals surface area contributed by atoms with Crippen LogP contribution in [0.4, 0.5) is 5.69 Å². The summed E-state index contributed by atoms with van der Waals surface area (Å²) in [5, 5.41) is 14.3. The Bertz CT molecular complexity index is 595. The molecule has 2 aromatic rings. The number of aromatic nitrogens is 3. The first-order valence-corrected chi connectivity index (χ1v) is 5.03. The van der Waals surface area contributed by atoms with E-state index in [0.29, 0.717) is 5.56 Å². The number of nitrogen functional groups attached to an aromatic ring is 1. The molecular weight excluding hydrogens is 318 g/mol. The van der Waals surface area contributed by atoms with Crippen molar-refractivity contribution in [3.8, 4) is 0 Å². The Morgan fingerprint density at radius 2 is 2.05 bits per heavy atom. The van der Waals surface area contributed by atoms with E-state index in [1.807, 2.05) is 0 Å². The predicted octanol–water partition coefficient (Wildman–Crippen LogP) is -3.32. The van der Waals surface area contributed by atoms with Gasteiger partial charge in [0.05, 0.1) is 4.92 Å². The van der Waals surface area contributed by atoms with Gasteiger partial charge in [0.2, 0.25) is 6.33 Å². The highest BCUT2D eigenvalue weighted by Gasteiger charge is 2.13. The lowest BCUT2D eigenvalue weighted by Gasteiger charge is -1.97. The van der Waals surface area contributed by atoms with Gasteiger partial charge in [-0.25, -0.2) is 0 Å². The number of nitrogens with two attached hydrogens (primary N) is 1. The molecule has 0 radical (unpaired) electrons. The van der Waals surface area contributed by atoms with Crippen molar-refractivity contribution < 1.29 is 31.4 Å². The molecular formula is C10H10BrN5O3. The number of non-ortho nitro benzene ring substituents is 1. The number of benzene rings is 1. The van der Waals surface area contributed by atoms with Crippen LogP contribution in [0.25, 0.3) is 0 Å². The number of carbonyl (C=O) groups excluding carboxylic acids is 1. The van der Waals surface area contributed by atoms with Crippen LogP contribution in [0.1, 0.15) is 10.4 Å². The summed E-state index contributed by atoms with van der Waals surface area (Å²) < 4.78 is 2.60. The van der Waals surface area contributed by atoms with E-state index in [0.717, 1.165) is 0 Å².